The molecule has 0 N–H and O–H groups in total. The van der Waals surface area contributed by atoms with Gasteiger partial charge in [-0.2, -0.15) is 0 Å². The molecular formula is C21H20N4S2. The van der Waals surface area contributed by atoms with Crippen LogP contribution in [0, 0.1) is 0 Å². The highest BCUT2D eigenvalue weighted by atomic mass is 32.2. The van der Waals surface area contributed by atoms with Gasteiger partial charge in [-0.05, 0) is 28.1 Å². The molecule has 6 heteroatoms. The van der Waals surface area contributed by atoms with Crippen molar-refractivity contribution in [2.75, 3.05) is 0 Å². The molecule has 1 aromatic carbocycles. The number of nitrogens with zero attached hydrogens (tertiary/aromatic N) is 4. The largest absolute Gasteiger partial charge is 0.342 e. The van der Waals surface area contributed by atoms with Crippen molar-refractivity contribution in [1.82, 2.24) is 14.9 Å². The second-order valence-electron chi connectivity index (χ2n) is 6.28. The van der Waals surface area contributed by atoms with Crippen molar-refractivity contribution < 1.29 is 0 Å². The molecule has 0 aliphatic carbocycles. The van der Waals surface area contributed by atoms with Crippen molar-refractivity contribution in [1.29, 1.82) is 0 Å². The van der Waals surface area contributed by atoms with Gasteiger partial charge in [0.25, 0.3) is 0 Å². The lowest BCUT2D eigenvalue weighted by Crippen LogP contribution is -2.29. The Morgan fingerprint density at radius 3 is 2.63 bits per heavy atom. The monoisotopic (exact) mass is 392 g/mol. The second-order valence-corrected chi connectivity index (χ2v) is 8.36. The van der Waals surface area contributed by atoms with E-state index < -0.39 is 0 Å². The molecule has 1 aliphatic rings. The van der Waals surface area contributed by atoms with Crippen LogP contribution in [0.5, 0.6) is 0 Å². The number of hydrogen-bond acceptors (Lipinski definition) is 6. The molecule has 4 nitrogen and oxygen atoms in total. The maximum absolute atomic E-state index is 4.84. The fraction of sp³-hybridized carbons (Fsp3) is 0.190. The van der Waals surface area contributed by atoms with Gasteiger partial charge >= 0.3 is 0 Å². The molecule has 136 valence electrons. The first kappa shape index (κ1) is 17.9. The van der Waals surface area contributed by atoms with Crippen LogP contribution in [0.4, 0.5) is 0 Å². The fourth-order valence-electron chi connectivity index (χ4n) is 2.89. The van der Waals surface area contributed by atoms with E-state index in [0.717, 1.165) is 24.3 Å². The summed E-state index contributed by atoms with van der Waals surface area (Å²) in [6.07, 6.45) is 10.3. The SMILES string of the molecule is C1=NC(SCc2ccccc2)N(Cc2cccs2)C=C1Cc1cncnc1. The third-order valence-electron chi connectivity index (χ3n) is 4.17. The fourth-order valence-corrected chi connectivity index (χ4v) is 4.61. The molecule has 3 aromatic rings. The van der Waals surface area contributed by atoms with E-state index in [2.05, 4.69) is 68.9 Å². The first-order valence-electron chi connectivity index (χ1n) is 8.78. The number of hydrogen-bond donors (Lipinski definition) is 0. The Balaban J connectivity index is 1.48. The summed E-state index contributed by atoms with van der Waals surface area (Å²) < 4.78 is 0. The first-order chi connectivity index (χ1) is 13.4. The van der Waals surface area contributed by atoms with Crippen LogP contribution in [0.1, 0.15) is 16.0 Å². The van der Waals surface area contributed by atoms with Gasteiger partial charge in [0.15, 0.2) is 5.50 Å². The summed E-state index contributed by atoms with van der Waals surface area (Å²) in [4.78, 5) is 16.7. The van der Waals surface area contributed by atoms with Gasteiger partial charge in [0.05, 0.1) is 6.54 Å². The van der Waals surface area contributed by atoms with E-state index in [-0.39, 0.29) is 5.50 Å². The highest BCUT2D eigenvalue weighted by Gasteiger charge is 2.20. The van der Waals surface area contributed by atoms with E-state index >= 15 is 0 Å². The molecule has 1 unspecified atom stereocenters. The highest BCUT2D eigenvalue weighted by Crippen LogP contribution is 2.28. The van der Waals surface area contributed by atoms with Crippen LogP contribution in [-0.2, 0) is 18.7 Å². The number of aromatic nitrogens is 2. The molecule has 1 atom stereocenters. The van der Waals surface area contributed by atoms with E-state index in [1.807, 2.05) is 30.4 Å². The Bertz CT molecular complexity index is 892. The Labute approximate surface area is 167 Å². The van der Waals surface area contributed by atoms with E-state index in [1.54, 1.807) is 17.7 Å². The lowest BCUT2D eigenvalue weighted by molar-refractivity contribution is 0.351. The predicted molar refractivity (Wildman–Crippen MR) is 114 cm³/mol. The Hall–Kier alpha value is -2.44. The Kier molecular flexibility index (Phi) is 5.96. The maximum atomic E-state index is 4.84. The van der Waals surface area contributed by atoms with Gasteiger partial charge in [-0.3, -0.25) is 4.99 Å². The van der Waals surface area contributed by atoms with Gasteiger partial charge in [0.2, 0.25) is 0 Å². The molecule has 0 fully saturated rings. The summed E-state index contributed by atoms with van der Waals surface area (Å²) >= 11 is 3.64. The summed E-state index contributed by atoms with van der Waals surface area (Å²) in [6.45, 7) is 0.871. The highest BCUT2D eigenvalue weighted by molar-refractivity contribution is 7.99. The van der Waals surface area contributed by atoms with Gasteiger partial charge in [-0.1, -0.05) is 36.4 Å². The van der Waals surface area contributed by atoms with Crippen LogP contribution in [0.2, 0.25) is 0 Å². The molecular weight excluding hydrogens is 372 g/mol. The van der Waals surface area contributed by atoms with Crippen LogP contribution in [0.25, 0.3) is 0 Å². The lowest BCUT2D eigenvalue weighted by Gasteiger charge is -2.30. The number of thiophene rings is 1. The molecule has 0 amide bonds. The van der Waals surface area contributed by atoms with Gasteiger partial charge in [0.1, 0.15) is 6.33 Å². The number of allylic oxidation sites excluding steroid dienone is 1. The van der Waals surface area contributed by atoms with Crippen LogP contribution in [-0.4, -0.2) is 26.6 Å². The molecule has 0 spiro atoms. The number of rotatable bonds is 7. The molecule has 0 saturated carbocycles. The third-order valence-corrected chi connectivity index (χ3v) is 6.22. The van der Waals surface area contributed by atoms with Crippen molar-refractivity contribution in [3.8, 4) is 0 Å². The van der Waals surface area contributed by atoms with E-state index in [0.29, 0.717) is 0 Å². The third kappa shape index (κ3) is 5.05. The maximum Gasteiger partial charge on any atom is 0.169 e. The second kappa shape index (κ2) is 8.97. The van der Waals surface area contributed by atoms with E-state index in [9.17, 15) is 0 Å². The summed E-state index contributed by atoms with van der Waals surface area (Å²) in [6, 6.07) is 14.8. The van der Waals surface area contributed by atoms with Crippen molar-refractivity contribution >= 4 is 29.3 Å². The quantitative estimate of drug-likeness (QED) is 0.581. The van der Waals surface area contributed by atoms with Gasteiger partial charge in [-0.15, -0.1) is 23.1 Å². The summed E-state index contributed by atoms with van der Waals surface area (Å²) in [5.74, 6) is 0.944. The van der Waals surface area contributed by atoms with Crippen molar-refractivity contribution in [3.63, 3.8) is 0 Å². The molecule has 3 heterocycles. The summed E-state index contributed by atoms with van der Waals surface area (Å²) in [5, 5.41) is 2.13. The standard InChI is InChI=1S/C21H20N4S2/c1-2-5-17(6-3-1)15-27-21-24-12-19(9-18-10-22-16-23-11-18)13-25(21)14-20-7-4-8-26-20/h1-8,10-13,16,21H,9,14-15H2. The van der Waals surface area contributed by atoms with Crippen LogP contribution in [0.3, 0.4) is 0 Å². The van der Waals surface area contributed by atoms with Crippen LogP contribution >= 0.6 is 23.1 Å². The number of thioether (sulfide) groups is 1. The lowest BCUT2D eigenvalue weighted by atomic mass is 10.1. The van der Waals surface area contributed by atoms with Gasteiger partial charge < -0.3 is 4.90 Å². The van der Waals surface area contributed by atoms with Crippen LogP contribution in [0.15, 0.2) is 83.3 Å². The van der Waals surface area contributed by atoms with E-state index in [4.69, 9.17) is 4.99 Å². The van der Waals surface area contributed by atoms with Crippen LogP contribution < -0.4 is 0 Å². The molecule has 0 radical (unpaired) electrons. The summed E-state index contributed by atoms with van der Waals surface area (Å²) in [7, 11) is 0. The normalized spacial score (nSPS) is 16.4. The Morgan fingerprint density at radius 1 is 1.00 bits per heavy atom. The number of benzene rings is 1. The van der Waals surface area contributed by atoms with Crippen molar-refractivity contribution in [2.24, 2.45) is 4.99 Å². The van der Waals surface area contributed by atoms with Crippen molar-refractivity contribution in [2.45, 2.75) is 24.2 Å². The zero-order valence-electron chi connectivity index (χ0n) is 14.8. The molecule has 0 saturated heterocycles. The summed E-state index contributed by atoms with van der Waals surface area (Å²) in [5.41, 5.74) is 3.69. The molecule has 27 heavy (non-hydrogen) atoms. The smallest absolute Gasteiger partial charge is 0.169 e. The topological polar surface area (TPSA) is 41.4 Å². The van der Waals surface area contributed by atoms with Gasteiger partial charge in [0, 0.05) is 41.9 Å². The molecule has 2 aromatic heterocycles. The molecule has 4 rings (SSSR count). The minimum atomic E-state index is 0.0862. The van der Waals surface area contributed by atoms with Gasteiger partial charge in [-0.25, -0.2) is 9.97 Å². The first-order valence-corrected chi connectivity index (χ1v) is 10.7. The molecule has 1 aliphatic heterocycles. The minimum Gasteiger partial charge on any atom is -0.342 e. The average molecular weight is 393 g/mol. The zero-order valence-corrected chi connectivity index (χ0v) is 16.4. The minimum absolute atomic E-state index is 0.0862. The molecule has 0 bridgehead atoms. The Morgan fingerprint density at radius 2 is 1.85 bits per heavy atom. The van der Waals surface area contributed by atoms with Crippen molar-refractivity contribution in [3.05, 3.63) is 94.3 Å². The average Bonchev–Trinajstić information content (AvgIpc) is 3.22. The zero-order chi connectivity index (χ0) is 18.3. The predicted octanol–water partition coefficient (Wildman–Crippen LogP) is 4.77. The van der Waals surface area contributed by atoms with E-state index in [1.165, 1.54) is 16.0 Å². The number of aliphatic imine (C=N–C) groups is 1.